The third-order valence-corrected chi connectivity index (χ3v) is 3.82. The summed E-state index contributed by atoms with van der Waals surface area (Å²) in [6.45, 7) is 0. The summed E-state index contributed by atoms with van der Waals surface area (Å²) >= 11 is 0. The normalized spacial score (nSPS) is 11.6. The molecule has 1 N–H and O–H groups in total. The maximum Gasteiger partial charge on any atom is 0.149 e. The fourth-order valence-electron chi connectivity index (χ4n) is 2.61. The summed E-state index contributed by atoms with van der Waals surface area (Å²) in [6.07, 6.45) is 1.59. The van der Waals surface area contributed by atoms with Crippen LogP contribution in [0.3, 0.4) is 0 Å². The Hall–Kier alpha value is -3.65. The third kappa shape index (κ3) is 2.81. The van der Waals surface area contributed by atoms with E-state index in [0.717, 1.165) is 11.0 Å². The van der Waals surface area contributed by atoms with Crippen LogP contribution in [0.25, 0.3) is 34.0 Å². The second kappa shape index (κ2) is 6.10. The first-order chi connectivity index (χ1) is 12.2. The Balaban J connectivity index is 1.72. The average Bonchev–Trinajstić information content (AvgIpc) is 3.26. The number of fused-ring (bicyclic) bond motifs is 1. The van der Waals surface area contributed by atoms with E-state index in [-0.39, 0.29) is 5.82 Å². The highest BCUT2D eigenvalue weighted by Gasteiger charge is 2.11. The molecule has 0 saturated carbocycles. The van der Waals surface area contributed by atoms with E-state index in [1.807, 2.05) is 24.3 Å². The van der Waals surface area contributed by atoms with Crippen LogP contribution >= 0.6 is 0 Å². The first kappa shape index (κ1) is 14.9. The number of aromatic nitrogens is 2. The number of H-pyrrole nitrogens is 1. The molecule has 0 spiro atoms. The number of hydrogen-bond acceptors (Lipinski definition) is 3. The minimum atomic E-state index is -0.356. The van der Waals surface area contributed by atoms with Gasteiger partial charge in [0.1, 0.15) is 29.2 Å². The molecule has 4 rings (SSSR count). The van der Waals surface area contributed by atoms with E-state index in [1.54, 1.807) is 36.4 Å². The number of allylic oxidation sites excluding steroid dienone is 1. The van der Waals surface area contributed by atoms with Crippen molar-refractivity contribution in [3.63, 3.8) is 0 Å². The van der Waals surface area contributed by atoms with Gasteiger partial charge in [-0.25, -0.2) is 9.37 Å². The molecule has 5 heteroatoms. The Morgan fingerprint density at radius 1 is 1.08 bits per heavy atom. The van der Waals surface area contributed by atoms with E-state index in [9.17, 15) is 9.65 Å². The van der Waals surface area contributed by atoms with Crippen molar-refractivity contribution in [2.75, 3.05) is 0 Å². The van der Waals surface area contributed by atoms with Crippen LogP contribution in [0, 0.1) is 17.1 Å². The van der Waals surface area contributed by atoms with Crippen LogP contribution in [0.1, 0.15) is 11.6 Å². The molecule has 4 nitrogen and oxygen atoms in total. The Kier molecular flexibility index (Phi) is 3.64. The highest BCUT2D eigenvalue weighted by atomic mass is 19.1. The molecular weight excluding hydrogens is 317 g/mol. The summed E-state index contributed by atoms with van der Waals surface area (Å²) in [5, 5.41) is 9.45. The lowest BCUT2D eigenvalue weighted by Crippen LogP contribution is -1.84. The summed E-state index contributed by atoms with van der Waals surface area (Å²) in [6, 6.07) is 19.4. The number of imidazole rings is 1. The fraction of sp³-hybridized carbons (Fsp3) is 0. The van der Waals surface area contributed by atoms with Crippen LogP contribution < -0.4 is 0 Å². The van der Waals surface area contributed by atoms with Crippen molar-refractivity contribution >= 4 is 22.7 Å². The van der Waals surface area contributed by atoms with Crippen molar-refractivity contribution in [3.8, 4) is 17.4 Å². The van der Waals surface area contributed by atoms with Crippen LogP contribution in [0.4, 0.5) is 4.39 Å². The van der Waals surface area contributed by atoms with Crippen LogP contribution in [0.5, 0.6) is 0 Å². The van der Waals surface area contributed by atoms with E-state index in [0.29, 0.717) is 28.5 Å². The largest absolute Gasteiger partial charge is 0.457 e. The summed E-state index contributed by atoms with van der Waals surface area (Å²) in [7, 11) is 0. The van der Waals surface area contributed by atoms with Crippen LogP contribution in [0.15, 0.2) is 65.1 Å². The predicted molar refractivity (Wildman–Crippen MR) is 93.7 cm³/mol. The van der Waals surface area contributed by atoms with E-state index < -0.39 is 0 Å². The number of halogens is 1. The Bertz CT molecular complexity index is 1100. The third-order valence-electron chi connectivity index (χ3n) is 3.82. The van der Waals surface area contributed by atoms with Crippen molar-refractivity contribution in [3.05, 3.63) is 78.1 Å². The van der Waals surface area contributed by atoms with Gasteiger partial charge >= 0.3 is 0 Å². The van der Waals surface area contributed by atoms with Crippen LogP contribution in [-0.4, -0.2) is 9.97 Å². The lowest BCUT2D eigenvalue weighted by Gasteiger charge is -1.98. The van der Waals surface area contributed by atoms with E-state index in [4.69, 9.17) is 4.42 Å². The minimum Gasteiger partial charge on any atom is -0.457 e. The molecule has 0 aliphatic heterocycles. The quantitative estimate of drug-likeness (QED) is 0.536. The lowest BCUT2D eigenvalue weighted by molar-refractivity contribution is 0.561. The summed E-state index contributed by atoms with van der Waals surface area (Å²) < 4.78 is 19.5. The molecule has 0 aliphatic rings. The summed E-state index contributed by atoms with van der Waals surface area (Å²) in [4.78, 5) is 7.52. The number of aromatic amines is 1. The van der Waals surface area contributed by atoms with Crippen molar-refractivity contribution in [2.24, 2.45) is 0 Å². The van der Waals surface area contributed by atoms with Gasteiger partial charge in [-0.05, 0) is 36.4 Å². The van der Waals surface area contributed by atoms with Gasteiger partial charge in [-0.2, -0.15) is 5.26 Å². The van der Waals surface area contributed by atoms with Crippen molar-refractivity contribution in [1.29, 1.82) is 5.26 Å². The standard InChI is InChI=1S/C20H12FN3O/c21-16-6-2-1-5-15(16)19-10-9-14(25-19)11-13(12-22)20-23-17-7-3-4-8-18(17)24-20/h1-11H,(H,23,24). The first-order valence-corrected chi connectivity index (χ1v) is 7.66. The molecule has 0 fully saturated rings. The Morgan fingerprint density at radius 2 is 1.88 bits per heavy atom. The van der Waals surface area contributed by atoms with Gasteiger partial charge in [0.2, 0.25) is 0 Å². The zero-order valence-electron chi connectivity index (χ0n) is 13.0. The first-order valence-electron chi connectivity index (χ1n) is 7.66. The molecule has 0 radical (unpaired) electrons. The summed E-state index contributed by atoms with van der Waals surface area (Å²) in [5.74, 6) is 0.971. The number of nitrogens with one attached hydrogen (secondary N) is 1. The van der Waals surface area contributed by atoms with Crippen molar-refractivity contribution < 1.29 is 8.81 Å². The van der Waals surface area contributed by atoms with Gasteiger partial charge in [0, 0.05) is 6.08 Å². The smallest absolute Gasteiger partial charge is 0.149 e. The highest BCUT2D eigenvalue weighted by Crippen LogP contribution is 2.27. The number of hydrogen-bond donors (Lipinski definition) is 1. The monoisotopic (exact) mass is 329 g/mol. The van der Waals surface area contributed by atoms with Crippen molar-refractivity contribution in [2.45, 2.75) is 0 Å². The maximum atomic E-state index is 13.9. The van der Waals surface area contributed by atoms with E-state index in [2.05, 4.69) is 16.0 Å². The lowest BCUT2D eigenvalue weighted by atomic mass is 10.1. The molecule has 4 aromatic rings. The number of para-hydroxylation sites is 2. The molecule has 0 amide bonds. The molecule has 0 atom stereocenters. The highest BCUT2D eigenvalue weighted by molar-refractivity contribution is 5.89. The topological polar surface area (TPSA) is 65.6 Å². The fourth-order valence-corrected chi connectivity index (χ4v) is 2.61. The molecule has 0 saturated heterocycles. The van der Waals surface area contributed by atoms with Gasteiger partial charge in [0.05, 0.1) is 22.2 Å². The Labute approximate surface area is 142 Å². The van der Waals surface area contributed by atoms with Crippen LogP contribution in [0.2, 0.25) is 0 Å². The minimum absolute atomic E-state index is 0.339. The van der Waals surface area contributed by atoms with Gasteiger partial charge in [-0.1, -0.05) is 24.3 Å². The zero-order valence-corrected chi connectivity index (χ0v) is 13.0. The van der Waals surface area contributed by atoms with Crippen LogP contribution in [-0.2, 0) is 0 Å². The van der Waals surface area contributed by atoms with Gasteiger partial charge < -0.3 is 9.40 Å². The second-order valence-corrected chi connectivity index (χ2v) is 5.45. The molecule has 2 heterocycles. The zero-order chi connectivity index (χ0) is 17.2. The van der Waals surface area contributed by atoms with E-state index >= 15 is 0 Å². The molecular formula is C20H12FN3O. The Morgan fingerprint density at radius 3 is 2.68 bits per heavy atom. The van der Waals surface area contributed by atoms with Gasteiger partial charge in [-0.15, -0.1) is 0 Å². The number of furan rings is 1. The molecule has 2 aromatic carbocycles. The van der Waals surface area contributed by atoms with Gasteiger partial charge in [-0.3, -0.25) is 0 Å². The van der Waals surface area contributed by atoms with Crippen molar-refractivity contribution in [1.82, 2.24) is 9.97 Å². The van der Waals surface area contributed by atoms with E-state index in [1.165, 1.54) is 6.07 Å². The molecule has 0 bridgehead atoms. The number of nitrogens with zero attached hydrogens (tertiary/aromatic N) is 2. The molecule has 2 aromatic heterocycles. The molecule has 0 unspecified atom stereocenters. The number of nitriles is 1. The maximum absolute atomic E-state index is 13.9. The SMILES string of the molecule is N#CC(=Cc1ccc(-c2ccccc2F)o1)c1nc2ccccc2[nH]1. The molecule has 0 aliphatic carbocycles. The number of rotatable bonds is 3. The predicted octanol–water partition coefficient (Wildman–Crippen LogP) is 5.03. The van der Waals surface area contributed by atoms with Gasteiger partial charge in [0.15, 0.2) is 0 Å². The summed E-state index contributed by atoms with van der Waals surface area (Å²) in [5.41, 5.74) is 2.35. The average molecular weight is 329 g/mol. The molecule has 25 heavy (non-hydrogen) atoms. The molecule has 120 valence electrons. The number of benzene rings is 2. The van der Waals surface area contributed by atoms with Gasteiger partial charge in [0.25, 0.3) is 0 Å². The second-order valence-electron chi connectivity index (χ2n) is 5.45.